The molecule has 5 nitrogen and oxygen atoms in total. The van der Waals surface area contributed by atoms with Crippen LogP contribution >= 0.6 is 0 Å². The molecule has 0 unspecified atom stereocenters. The normalized spacial score (nSPS) is 10.8. The highest BCUT2D eigenvalue weighted by atomic mass is 16.6. The van der Waals surface area contributed by atoms with Gasteiger partial charge in [0.25, 0.3) is 5.69 Å². The third-order valence-electron chi connectivity index (χ3n) is 2.82. The minimum Gasteiger partial charge on any atom is -0.264 e. The van der Waals surface area contributed by atoms with Gasteiger partial charge < -0.3 is 0 Å². The summed E-state index contributed by atoms with van der Waals surface area (Å²) < 4.78 is 0. The lowest BCUT2D eigenvalue weighted by Crippen LogP contribution is -1.95. The second-order valence-electron chi connectivity index (χ2n) is 4.18. The number of hydrogen-bond acceptors (Lipinski definition) is 4. The maximum atomic E-state index is 11.0. The number of nitrogens with zero attached hydrogens (tertiary/aromatic N) is 3. The Hall–Kier alpha value is -2.56. The zero-order valence-corrected chi connectivity index (χ0v) is 10.7. The smallest absolute Gasteiger partial charge is 0.264 e. The van der Waals surface area contributed by atoms with Crippen LogP contribution in [0.3, 0.4) is 0 Å². The lowest BCUT2D eigenvalue weighted by Gasteiger charge is -2.04. The van der Waals surface area contributed by atoms with Gasteiger partial charge in [-0.05, 0) is 26.0 Å². The van der Waals surface area contributed by atoms with E-state index in [1.165, 1.54) is 0 Å². The second-order valence-corrected chi connectivity index (χ2v) is 4.18. The van der Waals surface area contributed by atoms with Crippen molar-refractivity contribution < 1.29 is 4.92 Å². The van der Waals surface area contributed by atoms with E-state index in [1.807, 2.05) is 12.1 Å². The van der Waals surface area contributed by atoms with Gasteiger partial charge in [0.05, 0.1) is 16.2 Å². The van der Waals surface area contributed by atoms with E-state index in [0.29, 0.717) is 16.8 Å². The summed E-state index contributed by atoms with van der Waals surface area (Å²) in [6.45, 7) is 3.43. The van der Waals surface area contributed by atoms with E-state index >= 15 is 0 Å². The van der Waals surface area contributed by atoms with Crippen LogP contribution in [-0.4, -0.2) is 16.1 Å². The van der Waals surface area contributed by atoms with Crippen molar-refractivity contribution in [1.29, 1.82) is 0 Å². The van der Waals surface area contributed by atoms with Gasteiger partial charge in [-0.2, -0.15) is 0 Å². The number of aliphatic imine (C=N–C) groups is 1. The van der Waals surface area contributed by atoms with Gasteiger partial charge in [-0.15, -0.1) is 0 Å². The van der Waals surface area contributed by atoms with Crippen LogP contribution in [0.15, 0.2) is 41.7 Å². The average molecular weight is 255 g/mol. The first kappa shape index (κ1) is 12.9. The molecule has 1 heterocycles. The summed E-state index contributed by atoms with van der Waals surface area (Å²) in [4.78, 5) is 18.9. The molecule has 0 aliphatic heterocycles. The van der Waals surface area contributed by atoms with Crippen molar-refractivity contribution in [3.8, 4) is 0 Å². The predicted molar refractivity (Wildman–Crippen MR) is 74.1 cm³/mol. The number of nitro groups is 1. The van der Waals surface area contributed by atoms with Crippen molar-refractivity contribution in [2.75, 3.05) is 0 Å². The van der Waals surface area contributed by atoms with Crippen LogP contribution in [0, 0.1) is 24.0 Å². The van der Waals surface area contributed by atoms with Gasteiger partial charge >= 0.3 is 0 Å². The molecule has 0 aliphatic rings. The highest BCUT2D eigenvalue weighted by Crippen LogP contribution is 2.30. The molecule has 0 N–H and O–H groups in total. The number of benzene rings is 1. The quantitative estimate of drug-likeness (QED) is 0.479. The first-order valence-corrected chi connectivity index (χ1v) is 5.78. The SMILES string of the molecule is Cc1ccc(N=Cc2cccnc2)c(C)c1[N+](=O)[O-]. The van der Waals surface area contributed by atoms with Gasteiger partial charge in [-0.1, -0.05) is 12.1 Å². The Morgan fingerprint density at radius 3 is 2.74 bits per heavy atom. The Labute approximate surface area is 110 Å². The van der Waals surface area contributed by atoms with Crippen molar-refractivity contribution in [2.45, 2.75) is 13.8 Å². The molecule has 0 bridgehead atoms. The van der Waals surface area contributed by atoms with E-state index in [-0.39, 0.29) is 10.6 Å². The Kier molecular flexibility index (Phi) is 3.66. The topological polar surface area (TPSA) is 68.4 Å². The summed E-state index contributed by atoms with van der Waals surface area (Å²) in [5.41, 5.74) is 2.79. The number of hydrogen-bond donors (Lipinski definition) is 0. The molecule has 0 spiro atoms. The summed E-state index contributed by atoms with van der Waals surface area (Å²) in [5, 5.41) is 11.0. The van der Waals surface area contributed by atoms with Crippen LogP contribution in [0.25, 0.3) is 0 Å². The van der Waals surface area contributed by atoms with Crippen LogP contribution in [-0.2, 0) is 0 Å². The van der Waals surface area contributed by atoms with Crippen LogP contribution in [0.4, 0.5) is 11.4 Å². The lowest BCUT2D eigenvalue weighted by molar-refractivity contribution is -0.386. The van der Waals surface area contributed by atoms with Gasteiger partial charge in [0.15, 0.2) is 0 Å². The summed E-state index contributed by atoms with van der Waals surface area (Å²) in [6.07, 6.45) is 5.01. The summed E-state index contributed by atoms with van der Waals surface area (Å²) >= 11 is 0. The molecule has 0 radical (unpaired) electrons. The Morgan fingerprint density at radius 1 is 1.32 bits per heavy atom. The fourth-order valence-corrected chi connectivity index (χ4v) is 1.84. The zero-order valence-electron chi connectivity index (χ0n) is 10.7. The summed E-state index contributed by atoms with van der Waals surface area (Å²) in [5.74, 6) is 0. The van der Waals surface area contributed by atoms with E-state index in [1.54, 1.807) is 44.6 Å². The fourth-order valence-electron chi connectivity index (χ4n) is 1.84. The van der Waals surface area contributed by atoms with Crippen molar-refractivity contribution >= 4 is 17.6 Å². The third kappa shape index (κ3) is 2.82. The molecule has 0 atom stereocenters. The molecule has 0 aliphatic carbocycles. The average Bonchev–Trinajstić information content (AvgIpc) is 2.38. The van der Waals surface area contributed by atoms with E-state index < -0.39 is 0 Å². The fraction of sp³-hybridized carbons (Fsp3) is 0.143. The molecule has 1 aromatic carbocycles. The molecule has 0 saturated carbocycles. The van der Waals surface area contributed by atoms with Crippen LogP contribution in [0.5, 0.6) is 0 Å². The van der Waals surface area contributed by atoms with Crippen LogP contribution in [0.1, 0.15) is 16.7 Å². The lowest BCUT2D eigenvalue weighted by atomic mass is 10.1. The van der Waals surface area contributed by atoms with E-state index in [4.69, 9.17) is 0 Å². The van der Waals surface area contributed by atoms with Crippen molar-refractivity contribution in [1.82, 2.24) is 4.98 Å². The summed E-state index contributed by atoms with van der Waals surface area (Å²) in [7, 11) is 0. The molecule has 2 aromatic rings. The molecule has 5 heteroatoms. The van der Waals surface area contributed by atoms with Gasteiger partial charge in [0.2, 0.25) is 0 Å². The van der Waals surface area contributed by atoms with Crippen molar-refractivity contribution in [3.63, 3.8) is 0 Å². The Morgan fingerprint density at radius 2 is 2.11 bits per heavy atom. The standard InChI is InChI=1S/C14H13N3O2/c1-10-5-6-13(11(2)14(10)17(18)19)16-9-12-4-3-7-15-8-12/h3-9H,1-2H3. The zero-order chi connectivity index (χ0) is 13.8. The van der Waals surface area contributed by atoms with Gasteiger partial charge in [-0.3, -0.25) is 20.1 Å². The van der Waals surface area contributed by atoms with Crippen LogP contribution in [0.2, 0.25) is 0 Å². The molecule has 0 saturated heterocycles. The molecule has 0 amide bonds. The first-order chi connectivity index (χ1) is 9.09. The van der Waals surface area contributed by atoms with Gasteiger partial charge in [0.1, 0.15) is 0 Å². The molecular formula is C14H13N3O2. The number of nitro benzene ring substituents is 1. The largest absolute Gasteiger partial charge is 0.277 e. The molecule has 19 heavy (non-hydrogen) atoms. The highest BCUT2D eigenvalue weighted by molar-refractivity contribution is 5.82. The van der Waals surface area contributed by atoms with E-state index in [0.717, 1.165) is 5.56 Å². The van der Waals surface area contributed by atoms with E-state index in [2.05, 4.69) is 9.98 Å². The molecule has 0 fully saturated rings. The van der Waals surface area contributed by atoms with E-state index in [9.17, 15) is 10.1 Å². The predicted octanol–water partition coefficient (Wildman–Crippen LogP) is 3.36. The Bertz CT molecular complexity index is 637. The monoisotopic (exact) mass is 255 g/mol. The first-order valence-electron chi connectivity index (χ1n) is 5.78. The molecule has 96 valence electrons. The van der Waals surface area contributed by atoms with Gasteiger partial charge in [0, 0.05) is 29.7 Å². The number of aromatic nitrogens is 1. The minimum absolute atomic E-state index is 0.126. The molecular weight excluding hydrogens is 242 g/mol. The maximum Gasteiger partial charge on any atom is 0.277 e. The molecule has 1 aromatic heterocycles. The minimum atomic E-state index is -0.367. The third-order valence-corrected chi connectivity index (χ3v) is 2.82. The maximum absolute atomic E-state index is 11.0. The van der Waals surface area contributed by atoms with Crippen molar-refractivity contribution in [2.24, 2.45) is 4.99 Å². The highest BCUT2D eigenvalue weighted by Gasteiger charge is 2.16. The Balaban J connectivity index is 2.39. The van der Waals surface area contributed by atoms with Crippen LogP contribution < -0.4 is 0 Å². The number of pyridine rings is 1. The van der Waals surface area contributed by atoms with Gasteiger partial charge in [-0.25, -0.2) is 0 Å². The molecule has 2 rings (SSSR count). The summed E-state index contributed by atoms with van der Waals surface area (Å²) in [6, 6.07) is 7.17. The number of aryl methyl sites for hydroxylation is 1. The second kappa shape index (κ2) is 5.39. The number of rotatable bonds is 3. The van der Waals surface area contributed by atoms with Crippen molar-refractivity contribution in [3.05, 3.63) is 63.5 Å².